The van der Waals surface area contributed by atoms with E-state index in [0.717, 1.165) is 19.3 Å². The summed E-state index contributed by atoms with van der Waals surface area (Å²) in [6.45, 7) is 1.60. The predicted molar refractivity (Wildman–Crippen MR) is 84.3 cm³/mol. The number of Topliss-reactive ketones (excluding diaryl/α,β-unsaturated/α-hetero) is 2. The van der Waals surface area contributed by atoms with Crippen LogP contribution < -0.4 is 5.73 Å². The van der Waals surface area contributed by atoms with E-state index in [1.165, 1.54) is 25.7 Å². The van der Waals surface area contributed by atoms with Crippen LogP contribution in [0.5, 0.6) is 0 Å². The van der Waals surface area contributed by atoms with Gasteiger partial charge in [-0.25, -0.2) is 0 Å². The molecule has 0 aromatic heterocycles. The van der Waals surface area contributed by atoms with E-state index < -0.39 is 30.6 Å². The summed E-state index contributed by atoms with van der Waals surface area (Å²) in [4.78, 5) is 23.3. The van der Waals surface area contributed by atoms with Gasteiger partial charge in [-0.05, 0) is 6.42 Å². The summed E-state index contributed by atoms with van der Waals surface area (Å²) in [6, 6.07) is -1.14. The number of nitrogens with two attached hydrogens (primary N) is 1. The Morgan fingerprint density at radius 2 is 1.55 bits per heavy atom. The van der Waals surface area contributed by atoms with E-state index >= 15 is 0 Å². The third-order valence-corrected chi connectivity index (χ3v) is 3.72. The summed E-state index contributed by atoms with van der Waals surface area (Å²) in [5.41, 5.74) is 5.32. The lowest BCUT2D eigenvalue weighted by Crippen LogP contribution is -2.47. The normalized spacial score (nSPS) is 15.3. The maximum absolute atomic E-state index is 11.7. The minimum atomic E-state index is -1.65. The molecular weight excluding hydrogens is 286 g/mol. The highest BCUT2D eigenvalue weighted by Crippen LogP contribution is 2.10. The molecular formula is C16H31NO5. The monoisotopic (exact) mass is 317 g/mol. The van der Waals surface area contributed by atoms with Gasteiger partial charge < -0.3 is 21.1 Å². The summed E-state index contributed by atoms with van der Waals surface area (Å²) in [5, 5.41) is 27.9. The zero-order valence-corrected chi connectivity index (χ0v) is 13.5. The van der Waals surface area contributed by atoms with Gasteiger partial charge in [-0.15, -0.1) is 0 Å². The Hall–Kier alpha value is -0.820. The number of hydrogen-bond donors (Lipinski definition) is 4. The standard InChI is InChI=1S/C16H31NO5/c1-2-3-4-5-6-7-8-9-12(19)10-14(20)16(22)15(21)13(17)11-18/h13-15,18,20-21H,2-11,17H2,1H3/t13-,14+,15+/m0/s1. The van der Waals surface area contributed by atoms with Gasteiger partial charge in [-0.1, -0.05) is 45.4 Å². The molecule has 0 rings (SSSR count). The highest BCUT2D eigenvalue weighted by molar-refractivity contribution is 5.92. The fourth-order valence-corrected chi connectivity index (χ4v) is 2.21. The van der Waals surface area contributed by atoms with Crippen LogP contribution in [0.1, 0.15) is 64.7 Å². The van der Waals surface area contributed by atoms with Crippen LogP contribution in [-0.2, 0) is 9.59 Å². The Kier molecular flexibility index (Phi) is 12.2. The highest BCUT2D eigenvalue weighted by Gasteiger charge is 2.29. The molecule has 0 aliphatic rings. The van der Waals surface area contributed by atoms with Crippen molar-refractivity contribution in [1.29, 1.82) is 0 Å². The van der Waals surface area contributed by atoms with Crippen LogP contribution in [0.2, 0.25) is 0 Å². The average molecular weight is 317 g/mol. The van der Waals surface area contributed by atoms with Crippen molar-refractivity contribution in [2.24, 2.45) is 5.73 Å². The number of ketones is 2. The first-order chi connectivity index (χ1) is 10.4. The molecule has 6 nitrogen and oxygen atoms in total. The Morgan fingerprint density at radius 1 is 1.00 bits per heavy atom. The lowest BCUT2D eigenvalue weighted by molar-refractivity contribution is -0.140. The number of aliphatic hydroxyl groups is 3. The largest absolute Gasteiger partial charge is 0.395 e. The Bertz CT molecular complexity index is 322. The average Bonchev–Trinajstić information content (AvgIpc) is 2.51. The number of rotatable bonds is 14. The maximum Gasteiger partial charge on any atom is 0.191 e. The number of carbonyl (C=O) groups is 2. The van der Waals surface area contributed by atoms with Crippen molar-refractivity contribution in [2.75, 3.05) is 6.61 Å². The molecule has 0 saturated carbocycles. The summed E-state index contributed by atoms with van der Waals surface area (Å²) in [6.07, 6.45) is 4.50. The minimum Gasteiger partial charge on any atom is -0.395 e. The van der Waals surface area contributed by atoms with E-state index in [2.05, 4.69) is 6.92 Å². The second kappa shape index (κ2) is 12.7. The van der Waals surface area contributed by atoms with Crippen molar-refractivity contribution in [3.63, 3.8) is 0 Å². The SMILES string of the molecule is CCCCCCCCCC(=O)C[C@@H](O)C(=O)[C@H](O)[C@@H](N)CO. The van der Waals surface area contributed by atoms with E-state index in [1.807, 2.05) is 0 Å². The van der Waals surface area contributed by atoms with Crippen molar-refractivity contribution in [3.05, 3.63) is 0 Å². The summed E-state index contributed by atoms with van der Waals surface area (Å²) in [5.74, 6) is -1.10. The van der Waals surface area contributed by atoms with E-state index in [9.17, 15) is 19.8 Å². The molecule has 6 heteroatoms. The zero-order valence-electron chi connectivity index (χ0n) is 13.5. The zero-order chi connectivity index (χ0) is 17.0. The van der Waals surface area contributed by atoms with E-state index in [0.29, 0.717) is 6.42 Å². The van der Waals surface area contributed by atoms with Crippen LogP contribution in [0.4, 0.5) is 0 Å². The van der Waals surface area contributed by atoms with Gasteiger partial charge in [0.05, 0.1) is 12.6 Å². The lowest BCUT2D eigenvalue weighted by atomic mass is 9.98. The van der Waals surface area contributed by atoms with Crippen molar-refractivity contribution < 1.29 is 24.9 Å². The Balaban J connectivity index is 3.84. The smallest absolute Gasteiger partial charge is 0.191 e. The molecule has 0 aliphatic heterocycles. The van der Waals surface area contributed by atoms with Gasteiger partial charge in [0.2, 0.25) is 0 Å². The van der Waals surface area contributed by atoms with Crippen LogP contribution in [-0.4, -0.2) is 51.7 Å². The molecule has 0 radical (unpaired) electrons. The minimum absolute atomic E-state index is 0.195. The van der Waals surface area contributed by atoms with Gasteiger partial charge in [0.15, 0.2) is 5.78 Å². The van der Waals surface area contributed by atoms with Crippen molar-refractivity contribution in [1.82, 2.24) is 0 Å². The molecule has 0 aromatic rings. The van der Waals surface area contributed by atoms with Gasteiger partial charge in [0.25, 0.3) is 0 Å². The third kappa shape index (κ3) is 9.25. The molecule has 0 aliphatic carbocycles. The fraction of sp³-hybridized carbons (Fsp3) is 0.875. The predicted octanol–water partition coefficient (Wildman–Crippen LogP) is 0.697. The van der Waals surface area contributed by atoms with Gasteiger partial charge in [-0.3, -0.25) is 9.59 Å². The molecule has 0 heterocycles. The van der Waals surface area contributed by atoms with Crippen LogP contribution in [0.3, 0.4) is 0 Å². The van der Waals surface area contributed by atoms with E-state index in [1.54, 1.807) is 0 Å². The van der Waals surface area contributed by atoms with Crippen molar-refractivity contribution >= 4 is 11.6 Å². The fourth-order valence-electron chi connectivity index (χ4n) is 2.21. The van der Waals surface area contributed by atoms with Gasteiger partial charge >= 0.3 is 0 Å². The molecule has 0 amide bonds. The van der Waals surface area contributed by atoms with E-state index in [-0.39, 0.29) is 12.2 Å². The first-order valence-electron chi connectivity index (χ1n) is 8.22. The van der Waals surface area contributed by atoms with Crippen LogP contribution in [0.15, 0.2) is 0 Å². The summed E-state index contributed by atoms with van der Waals surface area (Å²) >= 11 is 0. The number of hydrogen-bond acceptors (Lipinski definition) is 6. The lowest BCUT2D eigenvalue weighted by Gasteiger charge is -2.18. The second-order valence-electron chi connectivity index (χ2n) is 5.82. The first-order valence-corrected chi connectivity index (χ1v) is 8.22. The summed E-state index contributed by atoms with van der Waals surface area (Å²) in [7, 11) is 0. The van der Waals surface area contributed by atoms with Crippen molar-refractivity contribution in [3.8, 4) is 0 Å². The topological polar surface area (TPSA) is 121 Å². The third-order valence-electron chi connectivity index (χ3n) is 3.72. The number of aliphatic hydroxyl groups excluding tert-OH is 3. The van der Waals surface area contributed by atoms with Gasteiger partial charge in [0.1, 0.15) is 18.0 Å². The molecule has 0 aromatic carbocycles. The molecule has 0 saturated heterocycles. The van der Waals surface area contributed by atoms with Gasteiger partial charge in [-0.2, -0.15) is 0 Å². The first kappa shape index (κ1) is 21.2. The Labute approximate surface area is 132 Å². The highest BCUT2D eigenvalue weighted by atomic mass is 16.3. The molecule has 0 bridgehead atoms. The molecule has 0 unspecified atom stereocenters. The van der Waals surface area contributed by atoms with Crippen LogP contribution >= 0.6 is 0 Å². The van der Waals surface area contributed by atoms with E-state index in [4.69, 9.17) is 10.8 Å². The molecule has 130 valence electrons. The van der Waals surface area contributed by atoms with Crippen LogP contribution in [0, 0.1) is 0 Å². The van der Waals surface area contributed by atoms with Crippen molar-refractivity contribution in [2.45, 2.75) is 83.0 Å². The molecule has 0 spiro atoms. The summed E-state index contributed by atoms with van der Waals surface area (Å²) < 4.78 is 0. The molecule has 22 heavy (non-hydrogen) atoms. The number of carbonyl (C=O) groups excluding carboxylic acids is 2. The van der Waals surface area contributed by atoms with Crippen LogP contribution in [0.25, 0.3) is 0 Å². The number of unbranched alkanes of at least 4 members (excludes halogenated alkanes) is 6. The quantitative estimate of drug-likeness (QED) is 0.350. The molecule has 0 fully saturated rings. The van der Waals surface area contributed by atoms with Gasteiger partial charge in [0, 0.05) is 12.8 Å². The second-order valence-corrected chi connectivity index (χ2v) is 5.82. The molecule has 3 atom stereocenters. The molecule has 5 N–H and O–H groups in total. The Morgan fingerprint density at radius 3 is 2.09 bits per heavy atom. The maximum atomic E-state index is 11.7.